The zero-order chi connectivity index (χ0) is 15.6. The number of para-hydroxylation sites is 1. The Labute approximate surface area is 122 Å². The van der Waals surface area contributed by atoms with Gasteiger partial charge in [-0.3, -0.25) is 14.4 Å². The molecule has 0 bridgehead atoms. The van der Waals surface area contributed by atoms with Crippen molar-refractivity contribution in [2.75, 3.05) is 11.9 Å². The van der Waals surface area contributed by atoms with Crippen molar-refractivity contribution in [2.24, 2.45) is 5.92 Å². The summed E-state index contributed by atoms with van der Waals surface area (Å²) >= 11 is 0. The number of rotatable bonds is 5. The molecule has 2 N–H and O–H groups in total. The van der Waals surface area contributed by atoms with Crippen LogP contribution in [0.5, 0.6) is 0 Å². The summed E-state index contributed by atoms with van der Waals surface area (Å²) in [4.78, 5) is 36.6. The van der Waals surface area contributed by atoms with Crippen molar-refractivity contribution in [3.05, 3.63) is 29.8 Å². The van der Waals surface area contributed by atoms with Crippen LogP contribution in [-0.2, 0) is 9.59 Å². The van der Waals surface area contributed by atoms with Gasteiger partial charge in [-0.15, -0.1) is 0 Å². The molecule has 1 aromatic rings. The Hall–Kier alpha value is -2.37. The van der Waals surface area contributed by atoms with Gasteiger partial charge in [0.15, 0.2) is 0 Å². The number of nitrogens with one attached hydrogen (secondary N) is 1. The van der Waals surface area contributed by atoms with Crippen molar-refractivity contribution in [3.63, 3.8) is 0 Å². The second-order valence-corrected chi connectivity index (χ2v) is 5.22. The number of amides is 2. The number of carbonyl (C=O) groups excluding carboxylic acids is 2. The van der Waals surface area contributed by atoms with Gasteiger partial charge in [-0.1, -0.05) is 12.1 Å². The standard InChI is InChI=1S/C15H18N2O4/c1-9(15(20)21)16-13(18)11-5-3-4-6-12(11)17(2)14(19)10-7-8-10/h3-6,9-10H,7-8H2,1-2H3,(H,16,18)(H,20,21)/t9-/m1/s1. The molecule has 0 unspecified atom stereocenters. The number of carbonyl (C=O) groups is 3. The molecule has 0 aromatic heterocycles. The van der Waals surface area contributed by atoms with Crippen molar-refractivity contribution >= 4 is 23.5 Å². The van der Waals surface area contributed by atoms with Gasteiger partial charge in [0.1, 0.15) is 6.04 Å². The number of carboxylic acid groups (broad SMARTS) is 1. The molecule has 1 aliphatic carbocycles. The Morgan fingerprint density at radius 3 is 2.48 bits per heavy atom. The number of anilines is 1. The van der Waals surface area contributed by atoms with E-state index in [1.165, 1.54) is 11.8 Å². The lowest BCUT2D eigenvalue weighted by Gasteiger charge is -2.21. The van der Waals surface area contributed by atoms with Crippen molar-refractivity contribution in [1.29, 1.82) is 0 Å². The molecule has 2 amide bonds. The van der Waals surface area contributed by atoms with Crippen LogP contribution in [0.1, 0.15) is 30.1 Å². The fourth-order valence-corrected chi connectivity index (χ4v) is 2.02. The highest BCUT2D eigenvalue weighted by Gasteiger charge is 2.33. The Morgan fingerprint density at radius 2 is 1.90 bits per heavy atom. The molecule has 21 heavy (non-hydrogen) atoms. The molecule has 6 heteroatoms. The number of hydrogen-bond donors (Lipinski definition) is 2. The summed E-state index contributed by atoms with van der Waals surface area (Å²) in [5.41, 5.74) is 0.784. The van der Waals surface area contributed by atoms with Crippen LogP contribution in [0.3, 0.4) is 0 Å². The Morgan fingerprint density at radius 1 is 1.29 bits per heavy atom. The van der Waals surface area contributed by atoms with Gasteiger partial charge in [0.25, 0.3) is 5.91 Å². The van der Waals surface area contributed by atoms with Gasteiger partial charge >= 0.3 is 5.97 Å². The van der Waals surface area contributed by atoms with E-state index in [2.05, 4.69) is 5.32 Å². The molecule has 112 valence electrons. The van der Waals surface area contributed by atoms with E-state index in [1.807, 2.05) is 0 Å². The molecule has 1 saturated carbocycles. The Bertz CT molecular complexity index is 581. The molecule has 1 atom stereocenters. The summed E-state index contributed by atoms with van der Waals surface area (Å²) in [6.07, 6.45) is 1.77. The summed E-state index contributed by atoms with van der Waals surface area (Å²) < 4.78 is 0. The van der Waals surface area contributed by atoms with Crippen molar-refractivity contribution in [1.82, 2.24) is 5.32 Å². The maximum Gasteiger partial charge on any atom is 0.325 e. The van der Waals surface area contributed by atoms with Gasteiger partial charge in [0.05, 0.1) is 11.3 Å². The van der Waals surface area contributed by atoms with Crippen LogP contribution in [0.25, 0.3) is 0 Å². The largest absolute Gasteiger partial charge is 0.480 e. The molecule has 2 rings (SSSR count). The lowest BCUT2D eigenvalue weighted by molar-refractivity contribution is -0.138. The monoisotopic (exact) mass is 290 g/mol. The summed E-state index contributed by atoms with van der Waals surface area (Å²) in [6.45, 7) is 1.39. The van der Waals surface area contributed by atoms with E-state index in [0.29, 0.717) is 11.3 Å². The van der Waals surface area contributed by atoms with Crippen molar-refractivity contribution < 1.29 is 19.5 Å². The lowest BCUT2D eigenvalue weighted by Crippen LogP contribution is -2.39. The van der Waals surface area contributed by atoms with E-state index in [1.54, 1.807) is 31.3 Å². The first kappa shape index (κ1) is 15.0. The first-order valence-electron chi connectivity index (χ1n) is 6.82. The first-order chi connectivity index (χ1) is 9.91. The number of carboxylic acids is 1. The van der Waals surface area contributed by atoms with Gasteiger partial charge in [-0.05, 0) is 31.9 Å². The van der Waals surface area contributed by atoms with Gasteiger partial charge in [0, 0.05) is 13.0 Å². The molecular formula is C15H18N2O4. The SMILES string of the molecule is C[C@@H](NC(=O)c1ccccc1N(C)C(=O)C1CC1)C(=O)O. The highest BCUT2D eigenvalue weighted by Crippen LogP contribution is 2.33. The van der Waals surface area contributed by atoms with Crippen LogP contribution < -0.4 is 10.2 Å². The van der Waals surface area contributed by atoms with E-state index >= 15 is 0 Å². The third kappa shape index (κ3) is 3.39. The normalized spacial score (nSPS) is 15.1. The summed E-state index contributed by atoms with van der Waals surface area (Å²) in [5, 5.41) is 11.2. The number of aliphatic carboxylic acids is 1. The predicted octanol–water partition coefficient (Wildman–Crippen LogP) is 1.26. The highest BCUT2D eigenvalue weighted by atomic mass is 16.4. The van der Waals surface area contributed by atoms with Gasteiger partial charge < -0.3 is 15.3 Å². The summed E-state index contributed by atoms with van der Waals surface area (Å²) in [7, 11) is 1.63. The van der Waals surface area contributed by atoms with Crippen LogP contribution in [-0.4, -0.2) is 36.0 Å². The molecule has 0 saturated heterocycles. The van der Waals surface area contributed by atoms with E-state index in [-0.39, 0.29) is 11.8 Å². The minimum absolute atomic E-state index is 0.0125. The molecule has 1 aliphatic rings. The third-order valence-corrected chi connectivity index (χ3v) is 3.49. The van der Waals surface area contributed by atoms with Gasteiger partial charge in [-0.25, -0.2) is 0 Å². The Balaban J connectivity index is 2.21. The minimum Gasteiger partial charge on any atom is -0.480 e. The van der Waals surface area contributed by atoms with E-state index in [0.717, 1.165) is 12.8 Å². The first-order valence-corrected chi connectivity index (χ1v) is 6.82. The molecule has 6 nitrogen and oxygen atoms in total. The van der Waals surface area contributed by atoms with Gasteiger partial charge in [0.2, 0.25) is 5.91 Å². The fraction of sp³-hybridized carbons (Fsp3) is 0.400. The quantitative estimate of drug-likeness (QED) is 0.854. The van der Waals surface area contributed by atoms with Crippen LogP contribution in [0.4, 0.5) is 5.69 Å². The fourth-order valence-electron chi connectivity index (χ4n) is 2.02. The average molecular weight is 290 g/mol. The topological polar surface area (TPSA) is 86.7 Å². The highest BCUT2D eigenvalue weighted by molar-refractivity contribution is 6.06. The van der Waals surface area contributed by atoms with Crippen LogP contribution >= 0.6 is 0 Å². The molecule has 1 aromatic carbocycles. The van der Waals surface area contributed by atoms with E-state index in [9.17, 15) is 14.4 Å². The smallest absolute Gasteiger partial charge is 0.325 e. The summed E-state index contributed by atoms with van der Waals surface area (Å²) in [6, 6.07) is 5.69. The van der Waals surface area contributed by atoms with Crippen LogP contribution in [0, 0.1) is 5.92 Å². The Kier molecular flexibility index (Phi) is 4.26. The number of hydrogen-bond acceptors (Lipinski definition) is 3. The van der Waals surface area contributed by atoms with Crippen LogP contribution in [0.2, 0.25) is 0 Å². The second-order valence-electron chi connectivity index (χ2n) is 5.22. The predicted molar refractivity (Wildman–Crippen MR) is 77.1 cm³/mol. The maximum atomic E-state index is 12.2. The summed E-state index contributed by atoms with van der Waals surface area (Å²) in [5.74, 6) is -1.58. The molecule has 0 spiro atoms. The average Bonchev–Trinajstić information content (AvgIpc) is 3.30. The van der Waals surface area contributed by atoms with E-state index < -0.39 is 17.9 Å². The zero-order valence-corrected chi connectivity index (χ0v) is 12.0. The van der Waals surface area contributed by atoms with Crippen molar-refractivity contribution in [2.45, 2.75) is 25.8 Å². The minimum atomic E-state index is -1.11. The molecular weight excluding hydrogens is 272 g/mol. The molecule has 0 aliphatic heterocycles. The van der Waals surface area contributed by atoms with Crippen molar-refractivity contribution in [3.8, 4) is 0 Å². The second kappa shape index (κ2) is 5.95. The van der Waals surface area contributed by atoms with E-state index in [4.69, 9.17) is 5.11 Å². The maximum absolute atomic E-state index is 12.2. The third-order valence-electron chi connectivity index (χ3n) is 3.49. The lowest BCUT2D eigenvalue weighted by atomic mass is 10.1. The number of benzene rings is 1. The number of nitrogens with zero attached hydrogens (tertiary/aromatic N) is 1. The molecule has 1 fully saturated rings. The molecule has 0 heterocycles. The van der Waals surface area contributed by atoms with Crippen LogP contribution in [0.15, 0.2) is 24.3 Å². The zero-order valence-electron chi connectivity index (χ0n) is 12.0. The molecule has 0 radical (unpaired) electrons. The van der Waals surface area contributed by atoms with Gasteiger partial charge in [-0.2, -0.15) is 0 Å².